The number of aryl methyl sites for hydroxylation is 2. The van der Waals surface area contributed by atoms with Gasteiger partial charge in [-0.3, -0.25) is 0 Å². The van der Waals surface area contributed by atoms with Crippen LogP contribution in [-0.2, 0) is 19.3 Å². The summed E-state index contributed by atoms with van der Waals surface area (Å²) in [6.45, 7) is 1.04. The number of aromatic nitrogens is 2. The highest BCUT2D eigenvalue weighted by molar-refractivity contribution is 7.21. The molecule has 4 rings (SSSR count). The first-order valence-corrected chi connectivity index (χ1v) is 8.69. The van der Waals surface area contributed by atoms with Gasteiger partial charge < -0.3 is 5.32 Å². The maximum absolute atomic E-state index is 4.36. The molecule has 100 valence electrons. The van der Waals surface area contributed by atoms with Crippen molar-refractivity contribution in [3.8, 4) is 9.88 Å². The molecule has 5 heteroatoms. The molecule has 2 aromatic heterocycles. The molecule has 0 radical (unpaired) electrons. The van der Waals surface area contributed by atoms with E-state index in [4.69, 9.17) is 0 Å². The van der Waals surface area contributed by atoms with Crippen molar-refractivity contribution in [1.82, 2.24) is 15.5 Å². The summed E-state index contributed by atoms with van der Waals surface area (Å²) in [7, 11) is 0. The lowest BCUT2D eigenvalue weighted by Gasteiger charge is -1.97. The van der Waals surface area contributed by atoms with Crippen molar-refractivity contribution < 1.29 is 0 Å². The second kappa shape index (κ2) is 4.96. The van der Waals surface area contributed by atoms with Crippen molar-refractivity contribution in [3.63, 3.8) is 0 Å². The molecule has 0 aromatic carbocycles. The standard InChI is InChI=1S/C14H17N3S2/c1-2-9-8-12(18-11(9)3-1)14-17-16-13(19-14)6-7-15-10-4-5-10/h8,10,15H,1-7H2. The first-order valence-electron chi connectivity index (χ1n) is 7.06. The molecule has 2 aliphatic rings. The molecule has 0 unspecified atom stereocenters. The number of thiophene rings is 1. The van der Waals surface area contributed by atoms with Gasteiger partial charge in [0.2, 0.25) is 0 Å². The highest BCUT2D eigenvalue weighted by Crippen LogP contribution is 2.37. The van der Waals surface area contributed by atoms with Gasteiger partial charge >= 0.3 is 0 Å². The van der Waals surface area contributed by atoms with E-state index >= 15 is 0 Å². The van der Waals surface area contributed by atoms with Crippen molar-refractivity contribution in [1.29, 1.82) is 0 Å². The van der Waals surface area contributed by atoms with Crippen LogP contribution in [0, 0.1) is 0 Å². The van der Waals surface area contributed by atoms with Crippen LogP contribution in [0.3, 0.4) is 0 Å². The van der Waals surface area contributed by atoms with Gasteiger partial charge in [-0.25, -0.2) is 0 Å². The Labute approximate surface area is 121 Å². The van der Waals surface area contributed by atoms with Crippen molar-refractivity contribution in [3.05, 3.63) is 21.5 Å². The molecule has 2 aliphatic carbocycles. The highest BCUT2D eigenvalue weighted by Gasteiger charge is 2.20. The lowest BCUT2D eigenvalue weighted by Crippen LogP contribution is -2.19. The quantitative estimate of drug-likeness (QED) is 0.920. The summed E-state index contributed by atoms with van der Waals surface area (Å²) in [5.74, 6) is 0. The van der Waals surface area contributed by atoms with E-state index in [0.29, 0.717) is 0 Å². The van der Waals surface area contributed by atoms with Gasteiger partial charge in [0.15, 0.2) is 5.01 Å². The molecule has 1 saturated carbocycles. The van der Waals surface area contributed by atoms with Crippen LogP contribution < -0.4 is 5.32 Å². The Morgan fingerprint density at radius 1 is 1.21 bits per heavy atom. The average molecular weight is 291 g/mol. The predicted octanol–water partition coefficient (Wildman–Crippen LogP) is 3.05. The summed E-state index contributed by atoms with van der Waals surface area (Å²) < 4.78 is 0. The van der Waals surface area contributed by atoms with Crippen molar-refractivity contribution >= 4 is 22.7 Å². The number of fused-ring (bicyclic) bond motifs is 1. The third kappa shape index (κ3) is 2.59. The zero-order chi connectivity index (χ0) is 12.7. The Bertz CT molecular complexity index is 562. The number of nitrogens with one attached hydrogen (secondary N) is 1. The van der Waals surface area contributed by atoms with Crippen LogP contribution in [0.25, 0.3) is 9.88 Å². The van der Waals surface area contributed by atoms with Gasteiger partial charge in [0.25, 0.3) is 0 Å². The molecular formula is C14H17N3S2. The minimum atomic E-state index is 0.785. The Kier molecular flexibility index (Phi) is 3.13. The summed E-state index contributed by atoms with van der Waals surface area (Å²) in [4.78, 5) is 2.89. The molecule has 3 nitrogen and oxygen atoms in total. The maximum atomic E-state index is 4.36. The van der Waals surface area contributed by atoms with Gasteiger partial charge in [-0.2, -0.15) is 0 Å². The molecule has 0 bridgehead atoms. The second-order valence-electron chi connectivity index (χ2n) is 5.39. The monoisotopic (exact) mass is 291 g/mol. The minimum absolute atomic E-state index is 0.785. The Morgan fingerprint density at radius 2 is 2.16 bits per heavy atom. The topological polar surface area (TPSA) is 37.8 Å². The smallest absolute Gasteiger partial charge is 0.157 e. The zero-order valence-corrected chi connectivity index (χ0v) is 12.4. The van der Waals surface area contributed by atoms with Gasteiger partial charge in [0, 0.05) is 23.9 Å². The maximum Gasteiger partial charge on any atom is 0.157 e. The fourth-order valence-electron chi connectivity index (χ4n) is 2.56. The van der Waals surface area contributed by atoms with E-state index in [1.54, 1.807) is 21.8 Å². The van der Waals surface area contributed by atoms with Crippen molar-refractivity contribution in [2.45, 2.75) is 44.6 Å². The van der Waals surface area contributed by atoms with Crippen LogP contribution in [0.5, 0.6) is 0 Å². The molecular weight excluding hydrogens is 274 g/mol. The van der Waals surface area contributed by atoms with E-state index in [2.05, 4.69) is 21.6 Å². The van der Waals surface area contributed by atoms with Crippen LogP contribution in [0.1, 0.15) is 34.7 Å². The fraction of sp³-hybridized carbons (Fsp3) is 0.571. The third-order valence-electron chi connectivity index (χ3n) is 3.77. The van der Waals surface area contributed by atoms with Gasteiger partial charge in [-0.15, -0.1) is 21.5 Å². The molecule has 0 aliphatic heterocycles. The summed E-state index contributed by atoms with van der Waals surface area (Å²) >= 11 is 3.68. The SMILES string of the molecule is c1c(-c2nnc(CCNC3CC3)s2)sc2c1CCC2. The van der Waals surface area contributed by atoms with Crippen LogP contribution in [0.15, 0.2) is 6.07 Å². The van der Waals surface area contributed by atoms with Crippen LogP contribution >= 0.6 is 22.7 Å². The van der Waals surface area contributed by atoms with Crippen molar-refractivity contribution in [2.75, 3.05) is 6.54 Å². The van der Waals surface area contributed by atoms with E-state index < -0.39 is 0 Å². The van der Waals surface area contributed by atoms with Crippen LogP contribution in [0.4, 0.5) is 0 Å². The van der Waals surface area contributed by atoms with E-state index in [-0.39, 0.29) is 0 Å². The Hall–Kier alpha value is -0.780. The predicted molar refractivity (Wildman–Crippen MR) is 80.0 cm³/mol. The normalized spacial score (nSPS) is 17.9. The van der Waals surface area contributed by atoms with Crippen molar-refractivity contribution in [2.24, 2.45) is 0 Å². The fourth-order valence-corrected chi connectivity index (χ4v) is 4.69. The Balaban J connectivity index is 1.44. The largest absolute Gasteiger partial charge is 0.314 e. The molecule has 19 heavy (non-hydrogen) atoms. The molecule has 2 aromatic rings. The number of nitrogens with zero attached hydrogens (tertiary/aromatic N) is 2. The van der Waals surface area contributed by atoms with E-state index in [9.17, 15) is 0 Å². The number of hydrogen-bond acceptors (Lipinski definition) is 5. The molecule has 0 amide bonds. The average Bonchev–Trinajstić information content (AvgIpc) is 2.80. The molecule has 0 atom stereocenters. The molecule has 1 N–H and O–H groups in total. The van der Waals surface area contributed by atoms with Gasteiger partial charge in [0.1, 0.15) is 5.01 Å². The second-order valence-corrected chi connectivity index (χ2v) is 7.59. The summed E-state index contributed by atoms with van der Waals surface area (Å²) in [5.41, 5.74) is 1.55. The van der Waals surface area contributed by atoms with E-state index in [1.807, 2.05) is 11.3 Å². The summed E-state index contributed by atoms with van der Waals surface area (Å²) in [6, 6.07) is 3.12. The molecule has 1 fully saturated rings. The lowest BCUT2D eigenvalue weighted by atomic mass is 10.2. The van der Waals surface area contributed by atoms with Crippen LogP contribution in [-0.4, -0.2) is 22.8 Å². The van der Waals surface area contributed by atoms with Crippen LogP contribution in [0.2, 0.25) is 0 Å². The Morgan fingerprint density at radius 3 is 3.00 bits per heavy atom. The zero-order valence-electron chi connectivity index (χ0n) is 10.8. The van der Waals surface area contributed by atoms with Gasteiger partial charge in [0.05, 0.1) is 4.88 Å². The minimum Gasteiger partial charge on any atom is -0.314 e. The number of hydrogen-bond donors (Lipinski definition) is 1. The van der Waals surface area contributed by atoms with E-state index in [1.165, 1.54) is 37.0 Å². The lowest BCUT2D eigenvalue weighted by molar-refractivity contribution is 0.677. The first-order chi connectivity index (χ1) is 9.38. The van der Waals surface area contributed by atoms with E-state index in [0.717, 1.165) is 29.0 Å². The number of rotatable bonds is 5. The molecule has 0 saturated heterocycles. The molecule has 2 heterocycles. The summed E-state index contributed by atoms with van der Waals surface area (Å²) in [6.07, 6.45) is 7.55. The summed E-state index contributed by atoms with van der Waals surface area (Å²) in [5, 5.41) is 14.5. The van der Waals surface area contributed by atoms with Gasteiger partial charge in [-0.05, 0) is 43.7 Å². The van der Waals surface area contributed by atoms with Gasteiger partial charge in [-0.1, -0.05) is 11.3 Å². The third-order valence-corrected chi connectivity index (χ3v) is 6.16. The first kappa shape index (κ1) is 12.0. The highest BCUT2D eigenvalue weighted by atomic mass is 32.1. The molecule has 0 spiro atoms.